The molecule has 1 fully saturated rings. The minimum Gasteiger partial charge on any atom is -0.391 e. The Hall–Kier alpha value is -1.36. The first kappa shape index (κ1) is 13.1. The predicted octanol–water partition coefficient (Wildman–Crippen LogP) is 0.860. The SMILES string of the molecule is CCCN(C)c1cnn(CC(O)C2CC2)c(=O)c1. The minimum atomic E-state index is -0.436. The second kappa shape index (κ2) is 5.52. The first-order valence-electron chi connectivity index (χ1n) is 6.58. The van der Waals surface area contributed by atoms with E-state index in [0.717, 1.165) is 31.5 Å². The monoisotopic (exact) mass is 251 g/mol. The van der Waals surface area contributed by atoms with Gasteiger partial charge in [-0.15, -0.1) is 0 Å². The second-order valence-corrected chi connectivity index (χ2v) is 5.06. The molecule has 1 unspecified atom stereocenters. The zero-order valence-corrected chi connectivity index (χ0v) is 11.0. The Labute approximate surface area is 107 Å². The maximum absolute atomic E-state index is 11.9. The van der Waals surface area contributed by atoms with Gasteiger partial charge in [0, 0.05) is 19.7 Å². The molecular formula is C13H21N3O2. The van der Waals surface area contributed by atoms with Gasteiger partial charge in [0.15, 0.2) is 0 Å². The molecule has 0 radical (unpaired) electrons. The molecule has 1 aromatic rings. The van der Waals surface area contributed by atoms with Crippen LogP contribution in [0.25, 0.3) is 0 Å². The molecule has 18 heavy (non-hydrogen) atoms. The smallest absolute Gasteiger partial charge is 0.268 e. The van der Waals surface area contributed by atoms with E-state index in [9.17, 15) is 9.90 Å². The summed E-state index contributed by atoms with van der Waals surface area (Å²) in [5.74, 6) is 0.362. The lowest BCUT2D eigenvalue weighted by Crippen LogP contribution is -2.30. The highest BCUT2D eigenvalue weighted by atomic mass is 16.3. The molecule has 0 bridgehead atoms. The summed E-state index contributed by atoms with van der Waals surface area (Å²) in [5, 5.41) is 14.0. The Balaban J connectivity index is 2.06. The summed E-state index contributed by atoms with van der Waals surface area (Å²) in [6, 6.07) is 1.59. The van der Waals surface area contributed by atoms with E-state index in [4.69, 9.17) is 0 Å². The summed E-state index contributed by atoms with van der Waals surface area (Å²) in [6.45, 7) is 3.30. The summed E-state index contributed by atoms with van der Waals surface area (Å²) in [4.78, 5) is 13.9. The summed E-state index contributed by atoms with van der Waals surface area (Å²) >= 11 is 0. The topological polar surface area (TPSA) is 58.4 Å². The van der Waals surface area contributed by atoms with Gasteiger partial charge in [0.1, 0.15) is 0 Å². The standard InChI is InChI=1S/C13H21N3O2/c1-3-6-15(2)11-7-13(18)16(14-8-11)9-12(17)10-4-5-10/h7-8,10,12,17H,3-6,9H2,1-2H3. The fourth-order valence-electron chi connectivity index (χ4n) is 2.04. The molecule has 1 heterocycles. The molecular weight excluding hydrogens is 230 g/mol. The van der Waals surface area contributed by atoms with Crippen molar-refractivity contribution in [1.29, 1.82) is 0 Å². The van der Waals surface area contributed by atoms with Crippen LogP contribution in [0.1, 0.15) is 26.2 Å². The van der Waals surface area contributed by atoms with Crippen molar-refractivity contribution in [3.8, 4) is 0 Å². The summed E-state index contributed by atoms with van der Waals surface area (Å²) in [7, 11) is 1.95. The Morgan fingerprint density at radius 2 is 2.33 bits per heavy atom. The Morgan fingerprint density at radius 3 is 2.89 bits per heavy atom. The number of aliphatic hydroxyl groups excluding tert-OH is 1. The molecule has 1 N–H and O–H groups in total. The summed E-state index contributed by atoms with van der Waals surface area (Å²) in [5.41, 5.74) is 0.689. The molecule has 1 aliphatic rings. The molecule has 0 saturated heterocycles. The number of aliphatic hydroxyl groups is 1. The van der Waals surface area contributed by atoms with Crippen molar-refractivity contribution in [2.45, 2.75) is 38.8 Å². The minimum absolute atomic E-state index is 0.143. The fraction of sp³-hybridized carbons (Fsp3) is 0.692. The maximum atomic E-state index is 11.9. The number of anilines is 1. The molecule has 1 saturated carbocycles. The van der Waals surface area contributed by atoms with E-state index >= 15 is 0 Å². The van der Waals surface area contributed by atoms with Gasteiger partial charge in [0.05, 0.1) is 24.5 Å². The van der Waals surface area contributed by atoms with Gasteiger partial charge in [-0.2, -0.15) is 5.10 Å². The van der Waals surface area contributed by atoms with E-state index in [1.54, 1.807) is 12.3 Å². The van der Waals surface area contributed by atoms with E-state index in [1.165, 1.54) is 4.68 Å². The third-order valence-corrected chi connectivity index (χ3v) is 3.38. The second-order valence-electron chi connectivity index (χ2n) is 5.06. The van der Waals surface area contributed by atoms with Crippen molar-refractivity contribution in [3.63, 3.8) is 0 Å². The quantitative estimate of drug-likeness (QED) is 0.814. The Kier molecular flexibility index (Phi) is 4.01. The van der Waals surface area contributed by atoms with Crippen molar-refractivity contribution in [2.24, 2.45) is 5.92 Å². The highest BCUT2D eigenvalue weighted by molar-refractivity contribution is 5.41. The van der Waals surface area contributed by atoms with Crippen LogP contribution in [0.15, 0.2) is 17.1 Å². The molecule has 0 aliphatic heterocycles. The van der Waals surface area contributed by atoms with Crippen LogP contribution in [0.4, 0.5) is 5.69 Å². The van der Waals surface area contributed by atoms with Gasteiger partial charge < -0.3 is 10.0 Å². The number of hydrogen-bond donors (Lipinski definition) is 1. The van der Waals surface area contributed by atoms with Crippen LogP contribution >= 0.6 is 0 Å². The van der Waals surface area contributed by atoms with Gasteiger partial charge in [-0.25, -0.2) is 4.68 Å². The average Bonchev–Trinajstić information content (AvgIpc) is 3.16. The van der Waals surface area contributed by atoms with Gasteiger partial charge in [0.2, 0.25) is 0 Å². The van der Waals surface area contributed by atoms with E-state index in [-0.39, 0.29) is 5.56 Å². The van der Waals surface area contributed by atoms with Gasteiger partial charge in [0.25, 0.3) is 5.56 Å². The summed E-state index contributed by atoms with van der Waals surface area (Å²) < 4.78 is 1.35. The fourth-order valence-corrected chi connectivity index (χ4v) is 2.04. The number of rotatable bonds is 6. The average molecular weight is 251 g/mol. The van der Waals surface area contributed by atoms with Crippen molar-refractivity contribution >= 4 is 5.69 Å². The largest absolute Gasteiger partial charge is 0.391 e. The van der Waals surface area contributed by atoms with Crippen molar-refractivity contribution in [2.75, 3.05) is 18.5 Å². The van der Waals surface area contributed by atoms with Crippen LogP contribution in [0, 0.1) is 5.92 Å². The van der Waals surface area contributed by atoms with Crippen LogP contribution in [0.3, 0.4) is 0 Å². The normalized spacial score (nSPS) is 16.6. The first-order valence-corrected chi connectivity index (χ1v) is 6.58. The van der Waals surface area contributed by atoms with Crippen LogP contribution < -0.4 is 10.5 Å². The molecule has 1 aliphatic carbocycles. The molecule has 0 aromatic carbocycles. The van der Waals surface area contributed by atoms with E-state index in [2.05, 4.69) is 12.0 Å². The van der Waals surface area contributed by atoms with Gasteiger partial charge in [-0.1, -0.05) is 6.92 Å². The van der Waals surface area contributed by atoms with Crippen LogP contribution in [-0.2, 0) is 6.54 Å². The van der Waals surface area contributed by atoms with Gasteiger partial charge in [-0.3, -0.25) is 4.79 Å². The lowest BCUT2D eigenvalue weighted by molar-refractivity contribution is 0.125. The zero-order chi connectivity index (χ0) is 13.1. The van der Waals surface area contributed by atoms with E-state index < -0.39 is 6.10 Å². The molecule has 5 heteroatoms. The highest BCUT2D eigenvalue weighted by Crippen LogP contribution is 2.32. The molecule has 0 spiro atoms. The third-order valence-electron chi connectivity index (χ3n) is 3.38. The van der Waals surface area contributed by atoms with Crippen LogP contribution in [-0.4, -0.2) is 34.6 Å². The third kappa shape index (κ3) is 3.10. The van der Waals surface area contributed by atoms with Crippen LogP contribution in [0.2, 0.25) is 0 Å². The van der Waals surface area contributed by atoms with Gasteiger partial charge in [-0.05, 0) is 25.2 Å². The Morgan fingerprint density at radius 1 is 1.61 bits per heavy atom. The molecule has 0 amide bonds. The lowest BCUT2D eigenvalue weighted by atomic mass is 10.2. The lowest BCUT2D eigenvalue weighted by Gasteiger charge is -2.18. The van der Waals surface area contributed by atoms with Crippen LogP contribution in [0.5, 0.6) is 0 Å². The van der Waals surface area contributed by atoms with Crippen molar-refractivity contribution in [3.05, 3.63) is 22.6 Å². The predicted molar refractivity (Wildman–Crippen MR) is 70.8 cm³/mol. The maximum Gasteiger partial charge on any atom is 0.268 e. The molecule has 1 atom stereocenters. The molecule has 2 rings (SSSR count). The highest BCUT2D eigenvalue weighted by Gasteiger charge is 2.30. The molecule has 100 valence electrons. The van der Waals surface area contributed by atoms with Crippen molar-refractivity contribution < 1.29 is 5.11 Å². The zero-order valence-electron chi connectivity index (χ0n) is 11.0. The Bertz CT molecular complexity index is 454. The molecule has 5 nitrogen and oxygen atoms in total. The summed E-state index contributed by atoms with van der Waals surface area (Å²) in [6.07, 6.45) is 4.41. The number of hydrogen-bond acceptors (Lipinski definition) is 4. The first-order chi connectivity index (χ1) is 8.61. The van der Waals surface area contributed by atoms with E-state index in [1.807, 2.05) is 11.9 Å². The van der Waals surface area contributed by atoms with Crippen molar-refractivity contribution in [1.82, 2.24) is 9.78 Å². The molecule has 1 aromatic heterocycles. The van der Waals surface area contributed by atoms with E-state index in [0.29, 0.717) is 12.5 Å². The van der Waals surface area contributed by atoms with Gasteiger partial charge >= 0.3 is 0 Å². The number of nitrogens with zero attached hydrogens (tertiary/aromatic N) is 3. The number of aromatic nitrogens is 2.